The summed E-state index contributed by atoms with van der Waals surface area (Å²) in [4.78, 5) is 40.3. The van der Waals surface area contributed by atoms with Crippen molar-refractivity contribution < 1.29 is 39.5 Å². The Kier molecular flexibility index (Phi) is 8.12. The Bertz CT molecular complexity index is 1250. The lowest BCUT2D eigenvalue weighted by atomic mass is 9.65. The van der Waals surface area contributed by atoms with Gasteiger partial charge in [0, 0.05) is 56.6 Å². The Morgan fingerprint density at radius 3 is 2.38 bits per heavy atom. The molecule has 1 unspecified atom stereocenters. The van der Waals surface area contributed by atoms with Crippen molar-refractivity contribution in [3.8, 4) is 0 Å². The predicted molar refractivity (Wildman–Crippen MR) is 139 cm³/mol. The van der Waals surface area contributed by atoms with Gasteiger partial charge in [-0.1, -0.05) is 30.3 Å². The summed E-state index contributed by atoms with van der Waals surface area (Å²) in [6.07, 6.45) is -0.591. The first-order valence-corrected chi connectivity index (χ1v) is 12.4. The van der Waals surface area contributed by atoms with Gasteiger partial charge >= 0.3 is 0 Å². The third kappa shape index (κ3) is 5.04. The van der Waals surface area contributed by atoms with Gasteiger partial charge in [-0.25, -0.2) is 0 Å². The standard InChI is InChI=1S/C26H31BN4O8/c1-28-23(34)25(27,26(37,38)24(35,36)16-32)31-15-20-19(22(31)33)7-4-8-21(20)29-13-17-5-2-3-6-18(17)14-30-9-11-39-12-10-30/h2-8,16,29,35-38H,9-15H2,1H3,(H,28,34). The van der Waals surface area contributed by atoms with Gasteiger partial charge in [-0.15, -0.1) is 0 Å². The van der Waals surface area contributed by atoms with Gasteiger partial charge in [-0.05, 0) is 23.3 Å². The Morgan fingerprint density at radius 2 is 1.74 bits per heavy atom. The first-order chi connectivity index (χ1) is 18.5. The zero-order valence-corrected chi connectivity index (χ0v) is 21.5. The topological polar surface area (TPSA) is 172 Å². The molecule has 4 rings (SSSR count). The number of benzene rings is 2. The molecule has 0 aromatic heterocycles. The average molecular weight is 538 g/mol. The van der Waals surface area contributed by atoms with E-state index in [1.807, 2.05) is 24.3 Å². The molecule has 13 heteroatoms. The molecule has 1 saturated heterocycles. The number of aliphatic hydroxyl groups is 4. The van der Waals surface area contributed by atoms with E-state index in [2.05, 4.69) is 15.5 Å². The Hall–Kier alpha value is -3.33. The van der Waals surface area contributed by atoms with Crippen LogP contribution < -0.4 is 10.6 Å². The van der Waals surface area contributed by atoms with E-state index in [0.717, 1.165) is 37.8 Å². The average Bonchev–Trinajstić information content (AvgIpc) is 3.29. The molecule has 206 valence electrons. The number of rotatable bonds is 10. The normalized spacial score (nSPS) is 17.9. The van der Waals surface area contributed by atoms with Gasteiger partial charge in [0.1, 0.15) is 13.3 Å². The highest BCUT2D eigenvalue weighted by molar-refractivity contribution is 6.31. The summed E-state index contributed by atoms with van der Waals surface area (Å²) < 4.78 is 5.43. The molecule has 6 N–H and O–H groups in total. The van der Waals surface area contributed by atoms with Crippen LogP contribution in [0.2, 0.25) is 0 Å². The van der Waals surface area contributed by atoms with Crippen LogP contribution in [0.15, 0.2) is 42.5 Å². The van der Waals surface area contributed by atoms with E-state index in [4.69, 9.17) is 12.6 Å². The summed E-state index contributed by atoms with van der Waals surface area (Å²) >= 11 is 0. The summed E-state index contributed by atoms with van der Waals surface area (Å²) in [7, 11) is 7.17. The smallest absolute Gasteiger partial charge is 0.278 e. The first-order valence-electron chi connectivity index (χ1n) is 12.4. The van der Waals surface area contributed by atoms with Crippen molar-refractivity contribution in [1.82, 2.24) is 15.1 Å². The maximum absolute atomic E-state index is 13.4. The molecular weight excluding hydrogens is 507 g/mol. The quantitative estimate of drug-likeness (QED) is 0.116. The van der Waals surface area contributed by atoms with Crippen molar-refractivity contribution >= 4 is 31.6 Å². The molecule has 0 saturated carbocycles. The zero-order chi connectivity index (χ0) is 28.4. The SMILES string of the molecule is [B]C(C(=O)NC)(N1Cc2c(NCc3ccccc3CN3CCOCC3)cccc2C1=O)C(O)(O)C(O)(O)C=O. The van der Waals surface area contributed by atoms with Crippen LogP contribution in [0.4, 0.5) is 5.69 Å². The van der Waals surface area contributed by atoms with E-state index in [0.29, 0.717) is 35.9 Å². The van der Waals surface area contributed by atoms with Gasteiger partial charge in [0.25, 0.3) is 11.7 Å². The molecule has 1 atom stereocenters. The number of ether oxygens (including phenoxy) is 1. The number of nitrogens with one attached hydrogen (secondary N) is 2. The van der Waals surface area contributed by atoms with E-state index < -0.39 is 41.7 Å². The molecule has 0 spiro atoms. The van der Waals surface area contributed by atoms with Crippen LogP contribution in [0.5, 0.6) is 0 Å². The summed E-state index contributed by atoms with van der Waals surface area (Å²) in [5.41, 5.74) is 0.0325. The Balaban J connectivity index is 1.61. The number of aldehydes is 1. The number of fused-ring (bicyclic) bond motifs is 1. The monoisotopic (exact) mass is 538 g/mol. The highest BCUT2D eigenvalue weighted by Crippen LogP contribution is 2.39. The molecule has 39 heavy (non-hydrogen) atoms. The second-order valence-electron chi connectivity index (χ2n) is 9.60. The maximum atomic E-state index is 13.4. The number of amides is 2. The van der Waals surface area contributed by atoms with Crippen LogP contribution in [-0.2, 0) is 34.0 Å². The molecule has 0 aliphatic carbocycles. The van der Waals surface area contributed by atoms with Gasteiger partial charge in [0.05, 0.1) is 13.2 Å². The Morgan fingerprint density at radius 1 is 1.08 bits per heavy atom. The molecule has 2 radical (unpaired) electrons. The fraction of sp³-hybridized carbons (Fsp3) is 0.423. The van der Waals surface area contributed by atoms with Crippen molar-refractivity contribution in [2.24, 2.45) is 0 Å². The van der Waals surface area contributed by atoms with Crippen molar-refractivity contribution in [3.63, 3.8) is 0 Å². The molecule has 2 amide bonds. The summed E-state index contributed by atoms with van der Waals surface area (Å²) in [5.74, 6) is -10.1. The van der Waals surface area contributed by atoms with Crippen LogP contribution >= 0.6 is 0 Å². The first kappa shape index (κ1) is 28.7. The Labute approximate surface area is 226 Å². The number of morpholine rings is 1. The van der Waals surface area contributed by atoms with Gasteiger partial charge in [0.15, 0.2) is 6.29 Å². The van der Waals surface area contributed by atoms with E-state index in [1.54, 1.807) is 12.1 Å². The number of hydrogen-bond donors (Lipinski definition) is 6. The largest absolute Gasteiger partial charge is 0.381 e. The third-order valence-electron chi connectivity index (χ3n) is 7.26. The number of carbonyl (C=O) groups excluding carboxylic acids is 3. The van der Waals surface area contributed by atoms with Crippen LogP contribution in [0.25, 0.3) is 0 Å². The highest BCUT2D eigenvalue weighted by atomic mass is 16.6. The zero-order valence-electron chi connectivity index (χ0n) is 21.5. The minimum Gasteiger partial charge on any atom is -0.381 e. The van der Waals surface area contributed by atoms with Crippen LogP contribution in [-0.4, -0.2) is 107 Å². The van der Waals surface area contributed by atoms with E-state index in [1.165, 1.54) is 6.07 Å². The minimum absolute atomic E-state index is 0.115. The lowest BCUT2D eigenvalue weighted by molar-refractivity contribution is -0.352. The summed E-state index contributed by atoms with van der Waals surface area (Å²) in [5, 5.41) is 46.6. The number of anilines is 1. The van der Waals surface area contributed by atoms with E-state index >= 15 is 0 Å². The lowest BCUT2D eigenvalue weighted by Gasteiger charge is -2.48. The molecule has 2 heterocycles. The van der Waals surface area contributed by atoms with Gasteiger partial charge in [-0.2, -0.15) is 0 Å². The summed E-state index contributed by atoms with van der Waals surface area (Å²) in [6, 6.07) is 12.7. The maximum Gasteiger partial charge on any atom is 0.278 e. The summed E-state index contributed by atoms with van der Waals surface area (Å²) in [6.45, 7) is 3.80. The number of nitrogens with zero attached hydrogens (tertiary/aromatic N) is 2. The molecular formula is C26H31BN4O8. The van der Waals surface area contributed by atoms with Gasteiger partial charge in [0.2, 0.25) is 11.7 Å². The molecule has 2 aromatic rings. The van der Waals surface area contributed by atoms with E-state index in [-0.39, 0.29) is 5.56 Å². The fourth-order valence-electron chi connectivity index (χ4n) is 4.88. The molecule has 1 fully saturated rings. The van der Waals surface area contributed by atoms with Crippen molar-refractivity contribution in [2.45, 2.75) is 36.6 Å². The van der Waals surface area contributed by atoms with Crippen LogP contribution in [0.1, 0.15) is 27.0 Å². The second-order valence-corrected chi connectivity index (χ2v) is 9.60. The fourth-order valence-corrected chi connectivity index (χ4v) is 4.88. The minimum atomic E-state index is -3.98. The number of hydrogen-bond acceptors (Lipinski definition) is 10. The van der Waals surface area contributed by atoms with Gasteiger partial charge in [-0.3, -0.25) is 19.3 Å². The third-order valence-corrected chi connectivity index (χ3v) is 7.26. The lowest BCUT2D eigenvalue weighted by Crippen LogP contribution is -2.79. The second kappa shape index (κ2) is 11.0. The molecule has 2 aliphatic rings. The van der Waals surface area contributed by atoms with Crippen molar-refractivity contribution in [2.75, 3.05) is 38.7 Å². The highest BCUT2D eigenvalue weighted by Gasteiger charge is 2.67. The molecule has 0 bridgehead atoms. The number of carbonyl (C=O) groups is 3. The molecule has 2 aliphatic heterocycles. The molecule has 12 nitrogen and oxygen atoms in total. The van der Waals surface area contributed by atoms with Gasteiger partial charge < -0.3 is 40.7 Å². The van der Waals surface area contributed by atoms with Crippen molar-refractivity contribution in [1.29, 1.82) is 0 Å². The van der Waals surface area contributed by atoms with Crippen molar-refractivity contribution in [3.05, 3.63) is 64.7 Å². The number of likely N-dealkylation sites (N-methyl/N-ethyl adjacent to an activating group) is 1. The van der Waals surface area contributed by atoms with Crippen LogP contribution in [0, 0.1) is 0 Å². The predicted octanol–water partition coefficient (Wildman–Crippen LogP) is -1.74. The van der Waals surface area contributed by atoms with Crippen LogP contribution in [0.3, 0.4) is 0 Å². The molecule has 2 aromatic carbocycles. The van der Waals surface area contributed by atoms with E-state index in [9.17, 15) is 34.8 Å².